The van der Waals surface area contributed by atoms with Gasteiger partial charge in [0.05, 0.1) is 5.92 Å². The molecule has 1 saturated carbocycles. The monoisotopic (exact) mass is 390 g/mol. The minimum atomic E-state index is -0.897. The molecule has 2 aromatic rings. The number of nitrogens with zero attached hydrogens (tertiary/aromatic N) is 1. The van der Waals surface area contributed by atoms with Crippen LogP contribution in [-0.2, 0) is 11.4 Å². The molecule has 0 saturated heterocycles. The maximum Gasteiger partial charge on any atom is 0.308 e. The summed E-state index contributed by atoms with van der Waals surface area (Å²) in [5.74, 6) is -2.15. The summed E-state index contributed by atoms with van der Waals surface area (Å²) in [7, 11) is 0. The predicted octanol–water partition coefficient (Wildman–Crippen LogP) is 3.55. The molecule has 8 heteroatoms. The fraction of sp³-hybridized carbons (Fsp3) is 0.450. The molecule has 1 fully saturated rings. The van der Waals surface area contributed by atoms with E-state index < -0.39 is 29.7 Å². The normalized spacial score (nSPS) is 20.0. The molecule has 2 N–H and O–H groups in total. The van der Waals surface area contributed by atoms with Gasteiger partial charge in [-0.05, 0) is 25.0 Å². The Morgan fingerprint density at radius 3 is 2.71 bits per heavy atom. The van der Waals surface area contributed by atoms with Gasteiger partial charge >= 0.3 is 5.97 Å². The van der Waals surface area contributed by atoms with Crippen molar-refractivity contribution < 1.29 is 28.3 Å². The van der Waals surface area contributed by atoms with E-state index in [1.165, 1.54) is 18.2 Å². The Balaban J connectivity index is 1.61. The first kappa shape index (κ1) is 19.9. The van der Waals surface area contributed by atoms with Crippen LogP contribution in [0.2, 0.25) is 0 Å². The number of halogens is 1. The number of rotatable bonds is 6. The highest BCUT2D eigenvalue weighted by Gasteiger charge is 2.30. The molecule has 0 spiro atoms. The van der Waals surface area contributed by atoms with Gasteiger partial charge in [-0.15, -0.1) is 0 Å². The van der Waals surface area contributed by atoms with Crippen molar-refractivity contribution in [2.75, 3.05) is 0 Å². The van der Waals surface area contributed by atoms with Crippen LogP contribution in [0, 0.1) is 11.7 Å². The van der Waals surface area contributed by atoms with Gasteiger partial charge in [-0.1, -0.05) is 43.0 Å². The van der Waals surface area contributed by atoms with Crippen LogP contribution in [0.1, 0.15) is 54.8 Å². The largest absolute Gasteiger partial charge is 0.482 e. The number of ether oxygens (including phenoxy) is 1. The minimum absolute atomic E-state index is 0.0401. The molecule has 3 rings (SSSR count). The molecular formula is C20H23FN2O5. The minimum Gasteiger partial charge on any atom is -0.482 e. The van der Waals surface area contributed by atoms with Crippen molar-refractivity contribution in [3.8, 4) is 5.75 Å². The molecule has 2 unspecified atom stereocenters. The smallest absolute Gasteiger partial charge is 0.308 e. The van der Waals surface area contributed by atoms with Crippen LogP contribution in [0.25, 0.3) is 0 Å². The van der Waals surface area contributed by atoms with E-state index in [1.807, 2.05) is 0 Å². The molecule has 28 heavy (non-hydrogen) atoms. The molecule has 150 valence electrons. The number of aromatic nitrogens is 1. The number of amides is 1. The Morgan fingerprint density at radius 2 is 1.96 bits per heavy atom. The summed E-state index contributed by atoms with van der Waals surface area (Å²) in [6.07, 6.45) is 4.91. The van der Waals surface area contributed by atoms with Crippen molar-refractivity contribution in [2.24, 2.45) is 5.92 Å². The third-order valence-corrected chi connectivity index (χ3v) is 4.90. The first-order valence-corrected chi connectivity index (χ1v) is 9.41. The molecule has 1 aromatic heterocycles. The van der Waals surface area contributed by atoms with E-state index in [0.29, 0.717) is 12.8 Å². The standard InChI is InChI=1S/C20H23FN2O5/c21-15-8-5-6-10-18(15)27-12-13-11-17(23-28-13)19(24)22-16-9-4-2-1-3-7-14(16)20(25)26/h5-6,8,10-11,14,16H,1-4,7,9,12H2,(H,22,24)(H,25,26). The SMILES string of the molecule is O=C(NC1CCCCCCC1C(=O)O)c1cc(COc2ccccc2F)on1. The van der Waals surface area contributed by atoms with Crippen LogP contribution >= 0.6 is 0 Å². The average molecular weight is 390 g/mol. The second-order valence-corrected chi connectivity index (χ2v) is 6.91. The molecule has 7 nitrogen and oxygen atoms in total. The zero-order valence-corrected chi connectivity index (χ0v) is 15.4. The molecule has 1 aromatic carbocycles. The summed E-state index contributed by atoms with van der Waals surface area (Å²) in [6, 6.07) is 6.93. The van der Waals surface area contributed by atoms with Crippen LogP contribution < -0.4 is 10.1 Å². The molecule has 0 bridgehead atoms. The Labute approximate surface area is 161 Å². The molecule has 0 aliphatic heterocycles. The fourth-order valence-electron chi connectivity index (χ4n) is 3.39. The lowest BCUT2D eigenvalue weighted by molar-refractivity contribution is -0.143. The van der Waals surface area contributed by atoms with Gasteiger partial charge in [-0.3, -0.25) is 9.59 Å². The fourth-order valence-corrected chi connectivity index (χ4v) is 3.39. The highest BCUT2D eigenvalue weighted by molar-refractivity contribution is 5.92. The second kappa shape index (κ2) is 9.34. The molecule has 1 heterocycles. The van der Waals surface area contributed by atoms with Crippen molar-refractivity contribution in [3.63, 3.8) is 0 Å². The van der Waals surface area contributed by atoms with Crippen LogP contribution in [0.5, 0.6) is 5.75 Å². The Bertz CT molecular complexity index is 822. The van der Waals surface area contributed by atoms with Crippen molar-refractivity contribution >= 4 is 11.9 Å². The average Bonchev–Trinajstić information content (AvgIpc) is 3.12. The zero-order valence-electron chi connectivity index (χ0n) is 15.4. The summed E-state index contributed by atoms with van der Waals surface area (Å²) >= 11 is 0. The molecular weight excluding hydrogens is 367 g/mol. The molecule has 1 aliphatic carbocycles. The lowest BCUT2D eigenvalue weighted by Crippen LogP contribution is -2.44. The van der Waals surface area contributed by atoms with Crippen molar-refractivity contribution in [3.05, 3.63) is 47.6 Å². The van der Waals surface area contributed by atoms with E-state index in [1.54, 1.807) is 12.1 Å². The van der Waals surface area contributed by atoms with Crippen molar-refractivity contribution in [1.29, 1.82) is 0 Å². The summed E-state index contributed by atoms with van der Waals surface area (Å²) in [6.45, 7) is -0.0810. The van der Waals surface area contributed by atoms with E-state index in [0.717, 1.165) is 25.7 Å². The number of carboxylic acids is 1. The van der Waals surface area contributed by atoms with Gasteiger partial charge in [0.15, 0.2) is 23.0 Å². The number of aliphatic carboxylic acids is 1. The number of benzene rings is 1. The first-order chi connectivity index (χ1) is 13.5. The highest BCUT2D eigenvalue weighted by Crippen LogP contribution is 2.24. The van der Waals surface area contributed by atoms with Gasteiger partial charge in [0, 0.05) is 12.1 Å². The molecule has 2 atom stereocenters. The summed E-state index contributed by atoms with van der Waals surface area (Å²) in [4.78, 5) is 24.1. The Hall–Kier alpha value is -2.90. The second-order valence-electron chi connectivity index (χ2n) is 6.91. The van der Waals surface area contributed by atoms with Crippen molar-refractivity contribution in [2.45, 2.75) is 51.2 Å². The molecule has 0 radical (unpaired) electrons. The van der Waals surface area contributed by atoms with Crippen LogP contribution in [0.15, 0.2) is 34.9 Å². The Morgan fingerprint density at radius 1 is 1.21 bits per heavy atom. The summed E-state index contributed by atoms with van der Waals surface area (Å²) < 4.78 is 24.0. The predicted molar refractivity (Wildman–Crippen MR) is 97.3 cm³/mol. The Kier molecular flexibility index (Phi) is 6.62. The zero-order chi connectivity index (χ0) is 19.9. The lowest BCUT2D eigenvalue weighted by Gasteiger charge is -2.26. The summed E-state index contributed by atoms with van der Waals surface area (Å²) in [5.41, 5.74) is 0.0401. The van der Waals surface area contributed by atoms with Gasteiger partial charge in [0.2, 0.25) is 0 Å². The van der Waals surface area contributed by atoms with Gasteiger partial charge in [0.25, 0.3) is 5.91 Å². The van der Waals surface area contributed by atoms with Gasteiger partial charge in [-0.25, -0.2) is 4.39 Å². The quantitative estimate of drug-likeness (QED) is 0.782. The van der Waals surface area contributed by atoms with Crippen LogP contribution in [0.4, 0.5) is 4.39 Å². The maximum atomic E-state index is 13.6. The molecule has 1 amide bonds. The first-order valence-electron chi connectivity index (χ1n) is 9.41. The van der Waals surface area contributed by atoms with Gasteiger partial charge in [0.1, 0.15) is 6.61 Å². The topological polar surface area (TPSA) is 102 Å². The van der Waals surface area contributed by atoms with Crippen LogP contribution in [-0.4, -0.2) is 28.2 Å². The van der Waals surface area contributed by atoms with E-state index >= 15 is 0 Å². The molecule has 1 aliphatic rings. The third-order valence-electron chi connectivity index (χ3n) is 4.90. The number of nitrogens with one attached hydrogen (secondary N) is 1. The highest BCUT2D eigenvalue weighted by atomic mass is 19.1. The number of hydrogen-bond acceptors (Lipinski definition) is 5. The van der Waals surface area contributed by atoms with E-state index in [4.69, 9.17) is 9.26 Å². The maximum absolute atomic E-state index is 13.6. The number of hydrogen-bond donors (Lipinski definition) is 2. The van der Waals surface area contributed by atoms with Crippen molar-refractivity contribution in [1.82, 2.24) is 10.5 Å². The number of carbonyl (C=O) groups is 2. The van der Waals surface area contributed by atoms with Gasteiger partial charge in [-0.2, -0.15) is 0 Å². The van der Waals surface area contributed by atoms with E-state index in [9.17, 15) is 19.1 Å². The lowest BCUT2D eigenvalue weighted by atomic mass is 9.86. The third kappa shape index (κ3) is 5.09. The number of para-hydroxylation sites is 1. The van der Waals surface area contributed by atoms with E-state index in [-0.39, 0.29) is 23.8 Å². The summed E-state index contributed by atoms with van der Waals surface area (Å²) in [5, 5.41) is 16.0. The van der Waals surface area contributed by atoms with Gasteiger partial charge < -0.3 is 19.7 Å². The number of carboxylic acid groups (broad SMARTS) is 1. The van der Waals surface area contributed by atoms with E-state index in [2.05, 4.69) is 10.5 Å². The number of carbonyl (C=O) groups excluding carboxylic acids is 1. The van der Waals surface area contributed by atoms with Crippen LogP contribution in [0.3, 0.4) is 0 Å².